The van der Waals surface area contributed by atoms with Gasteiger partial charge in [-0.3, -0.25) is 24.1 Å². The van der Waals surface area contributed by atoms with Crippen LogP contribution in [-0.4, -0.2) is 57.5 Å². The minimum absolute atomic E-state index is 0.111. The number of rotatable bonds is 3. The molecule has 6 rings (SSSR count). The average molecular weight is 604 g/mol. The molecule has 2 heterocycles. The molecule has 0 unspecified atom stereocenters. The smallest absolute Gasteiger partial charge is 0.253 e. The van der Waals surface area contributed by atoms with Crippen LogP contribution in [0.4, 0.5) is 5.69 Å². The number of methoxy groups -OCH3 is 1. The molecule has 2 aliphatic carbocycles. The van der Waals surface area contributed by atoms with Gasteiger partial charge >= 0.3 is 0 Å². The predicted molar refractivity (Wildman–Crippen MR) is 149 cm³/mol. The van der Waals surface area contributed by atoms with E-state index < -0.39 is 51.1 Å². The molecule has 2 aromatic rings. The topological polar surface area (TPSA) is 104 Å². The summed E-state index contributed by atoms with van der Waals surface area (Å²) >= 11 is 20.6. The molecule has 208 valence electrons. The Morgan fingerprint density at radius 1 is 1.00 bits per heavy atom. The lowest BCUT2D eigenvalue weighted by Crippen LogP contribution is -2.60. The quantitative estimate of drug-likeness (QED) is 0.314. The van der Waals surface area contributed by atoms with Gasteiger partial charge in [-0.05, 0) is 61.1 Å². The van der Waals surface area contributed by atoms with E-state index in [4.69, 9.17) is 39.5 Å². The van der Waals surface area contributed by atoms with Crippen molar-refractivity contribution in [2.75, 3.05) is 19.1 Å². The first-order valence-corrected chi connectivity index (χ1v) is 13.9. The first kappa shape index (κ1) is 27.1. The normalized spacial score (nSPS) is 33.1. The number of alkyl halides is 2. The Labute approximate surface area is 245 Å². The van der Waals surface area contributed by atoms with E-state index in [1.54, 1.807) is 24.3 Å². The Balaban J connectivity index is 1.51. The zero-order valence-corrected chi connectivity index (χ0v) is 24.0. The van der Waals surface area contributed by atoms with Crippen LogP contribution in [0.3, 0.4) is 0 Å². The number of carbonyl (C=O) groups excluding carboxylic acids is 4. The van der Waals surface area contributed by atoms with E-state index in [9.17, 15) is 24.3 Å². The van der Waals surface area contributed by atoms with E-state index in [0.29, 0.717) is 21.8 Å². The van der Waals surface area contributed by atoms with Crippen LogP contribution in [0, 0.1) is 24.7 Å². The maximum absolute atomic E-state index is 14.0. The Morgan fingerprint density at radius 3 is 2.38 bits per heavy atom. The van der Waals surface area contributed by atoms with Gasteiger partial charge in [0.1, 0.15) is 0 Å². The second kappa shape index (κ2) is 8.96. The molecule has 2 saturated heterocycles. The van der Waals surface area contributed by atoms with Crippen LogP contribution in [0.15, 0.2) is 48.0 Å². The lowest BCUT2D eigenvalue weighted by Gasteiger charge is -2.50. The van der Waals surface area contributed by atoms with Crippen LogP contribution in [0.1, 0.15) is 29.9 Å². The summed E-state index contributed by atoms with van der Waals surface area (Å²) in [6.45, 7) is 1.82. The van der Waals surface area contributed by atoms with Crippen molar-refractivity contribution >= 4 is 64.1 Å². The first-order chi connectivity index (χ1) is 18.9. The van der Waals surface area contributed by atoms with E-state index >= 15 is 0 Å². The molecule has 3 fully saturated rings. The number of benzene rings is 2. The maximum Gasteiger partial charge on any atom is 0.253 e. The molecule has 1 saturated carbocycles. The van der Waals surface area contributed by atoms with Crippen molar-refractivity contribution in [3.8, 4) is 11.5 Å². The highest BCUT2D eigenvalue weighted by atomic mass is 35.5. The molecule has 11 heteroatoms. The number of imide groups is 2. The highest BCUT2D eigenvalue weighted by Gasteiger charge is 2.75. The summed E-state index contributed by atoms with van der Waals surface area (Å²) in [5, 5.41) is 11.0. The summed E-state index contributed by atoms with van der Waals surface area (Å²) in [5.41, 5.74) is 2.24. The summed E-state index contributed by atoms with van der Waals surface area (Å²) in [7, 11) is 2.74. The Kier molecular flexibility index (Phi) is 6.08. The molecule has 8 nitrogen and oxygen atoms in total. The van der Waals surface area contributed by atoms with Crippen molar-refractivity contribution in [3.05, 3.63) is 64.2 Å². The maximum atomic E-state index is 14.0. The predicted octanol–water partition coefficient (Wildman–Crippen LogP) is 4.56. The largest absolute Gasteiger partial charge is 0.504 e. The number of likely N-dealkylation sites (tertiary alicyclic amines) is 1. The number of allylic oxidation sites excluding steroid dienone is 2. The number of hydrogen-bond donors (Lipinski definition) is 1. The second-order valence-corrected chi connectivity index (χ2v) is 12.5. The minimum Gasteiger partial charge on any atom is -0.504 e. The monoisotopic (exact) mass is 602 g/mol. The van der Waals surface area contributed by atoms with Gasteiger partial charge in [-0.2, -0.15) is 0 Å². The number of anilines is 1. The van der Waals surface area contributed by atoms with Crippen molar-refractivity contribution in [1.29, 1.82) is 0 Å². The van der Waals surface area contributed by atoms with Crippen LogP contribution in [0.5, 0.6) is 11.5 Å². The van der Waals surface area contributed by atoms with Crippen molar-refractivity contribution in [2.45, 2.75) is 35.4 Å². The number of hydrogen-bond acceptors (Lipinski definition) is 6. The van der Waals surface area contributed by atoms with Gasteiger partial charge in [0.05, 0.1) is 24.6 Å². The summed E-state index contributed by atoms with van der Waals surface area (Å²) < 4.78 is 5.18. The van der Waals surface area contributed by atoms with Crippen LogP contribution < -0.4 is 9.64 Å². The Hall–Kier alpha value is -3.07. The number of phenolic OH excluding ortho intramolecular Hbond substituents is 1. The third kappa shape index (κ3) is 3.33. The van der Waals surface area contributed by atoms with Gasteiger partial charge in [0.2, 0.25) is 11.8 Å². The summed E-state index contributed by atoms with van der Waals surface area (Å²) in [6.07, 6.45) is 1.96. The Bertz CT molecular complexity index is 1560. The average Bonchev–Trinajstić information content (AvgIpc) is 3.25. The molecule has 4 amide bonds. The number of amides is 4. The molecule has 6 atom stereocenters. The highest BCUT2D eigenvalue weighted by Crippen LogP contribution is 2.65. The first-order valence-electron chi connectivity index (χ1n) is 12.8. The fourth-order valence-corrected chi connectivity index (χ4v) is 8.17. The van der Waals surface area contributed by atoms with Gasteiger partial charge in [-0.15, -0.1) is 23.2 Å². The number of phenols is 1. The van der Waals surface area contributed by atoms with E-state index in [1.165, 1.54) is 26.3 Å². The van der Waals surface area contributed by atoms with Crippen molar-refractivity contribution in [1.82, 2.24) is 4.90 Å². The van der Waals surface area contributed by atoms with E-state index in [-0.39, 0.29) is 30.2 Å². The minimum atomic E-state index is -1.92. The van der Waals surface area contributed by atoms with E-state index in [2.05, 4.69) is 0 Å². The molecule has 0 spiro atoms. The third-order valence-electron chi connectivity index (χ3n) is 8.96. The number of ether oxygens (including phenoxy) is 1. The second-order valence-electron chi connectivity index (χ2n) is 10.9. The fourth-order valence-electron chi connectivity index (χ4n) is 6.98. The van der Waals surface area contributed by atoms with E-state index in [0.717, 1.165) is 15.4 Å². The number of halogens is 3. The van der Waals surface area contributed by atoms with Crippen LogP contribution in [-0.2, 0) is 19.2 Å². The number of nitrogens with zero attached hydrogens (tertiary/aromatic N) is 2. The number of fused-ring (bicyclic) bond motifs is 4. The van der Waals surface area contributed by atoms with Crippen LogP contribution >= 0.6 is 34.8 Å². The van der Waals surface area contributed by atoms with Crippen LogP contribution in [0.2, 0.25) is 5.02 Å². The van der Waals surface area contributed by atoms with Gasteiger partial charge in [0.25, 0.3) is 11.8 Å². The zero-order chi connectivity index (χ0) is 28.9. The molecule has 2 aliphatic heterocycles. The van der Waals surface area contributed by atoms with Gasteiger partial charge in [-0.1, -0.05) is 35.4 Å². The molecule has 0 radical (unpaired) electrons. The van der Waals surface area contributed by atoms with Gasteiger partial charge < -0.3 is 9.84 Å². The lowest BCUT2D eigenvalue weighted by atomic mass is 9.56. The lowest BCUT2D eigenvalue weighted by molar-refractivity contribution is -0.138. The van der Waals surface area contributed by atoms with Crippen LogP contribution in [0.25, 0.3) is 0 Å². The van der Waals surface area contributed by atoms with Crippen molar-refractivity contribution in [2.24, 2.45) is 17.8 Å². The van der Waals surface area contributed by atoms with Gasteiger partial charge in [0.15, 0.2) is 21.2 Å². The SMILES string of the molecule is COc1ccc([C@H]2C3=CC[C@@H]4C(=O)N(c5ccc(C)c(Cl)c5)C(=O)[C@@H]4[C@@H]3C[C@@]3(Cl)C(=O)N(C)C(=O)[C@@]23Cl)cc1O. The Morgan fingerprint density at radius 2 is 1.73 bits per heavy atom. The van der Waals surface area contributed by atoms with Crippen molar-refractivity contribution < 1.29 is 29.0 Å². The molecule has 4 aliphatic rings. The molecule has 2 aromatic carbocycles. The molecular formula is C29H25Cl3N2O6. The number of aromatic hydroxyl groups is 1. The van der Waals surface area contributed by atoms with Crippen molar-refractivity contribution in [3.63, 3.8) is 0 Å². The standard InChI is InChI=1S/C29H25Cl3N2O6/c1-13-4-6-15(11-19(13)30)34-24(36)17-8-7-16-18(22(17)25(34)37)12-28(31)26(38)33(2)27(39)29(28,32)23(16)14-5-9-21(40-3)20(35)10-14/h4-7,9-11,17-18,22-23,35H,8,12H2,1-3H3/t17-,18+,22-,23-,28+,29-/m0/s1. The molecule has 1 N–H and O–H groups in total. The van der Waals surface area contributed by atoms with Gasteiger partial charge in [-0.25, -0.2) is 4.90 Å². The zero-order valence-electron chi connectivity index (χ0n) is 21.8. The number of carbonyl (C=O) groups is 4. The molecule has 0 bridgehead atoms. The van der Waals surface area contributed by atoms with E-state index in [1.807, 2.05) is 13.0 Å². The summed E-state index contributed by atoms with van der Waals surface area (Å²) in [5.74, 6) is -5.22. The molecule has 0 aromatic heterocycles. The van der Waals surface area contributed by atoms with Gasteiger partial charge in [0, 0.05) is 18.0 Å². The molecule has 40 heavy (non-hydrogen) atoms. The third-order valence-corrected chi connectivity index (χ3v) is 10.8. The number of aryl methyl sites for hydroxylation is 1. The molecular weight excluding hydrogens is 579 g/mol. The highest BCUT2D eigenvalue weighted by molar-refractivity contribution is 6.53. The summed E-state index contributed by atoms with van der Waals surface area (Å²) in [4.78, 5) is 53.0. The fraction of sp³-hybridized carbons (Fsp3) is 0.379. The summed E-state index contributed by atoms with van der Waals surface area (Å²) in [6, 6.07) is 9.62.